The van der Waals surface area contributed by atoms with Crippen LogP contribution in [0.1, 0.15) is 11.1 Å². The van der Waals surface area contributed by atoms with E-state index in [1.807, 2.05) is 24.0 Å². The van der Waals surface area contributed by atoms with Crippen molar-refractivity contribution in [1.82, 2.24) is 0 Å². The van der Waals surface area contributed by atoms with E-state index in [9.17, 15) is 0 Å². The van der Waals surface area contributed by atoms with Crippen LogP contribution < -0.4 is 4.90 Å². The normalized spacial score (nSPS) is 9.88. The van der Waals surface area contributed by atoms with Gasteiger partial charge in [-0.1, -0.05) is 6.07 Å². The van der Waals surface area contributed by atoms with Crippen molar-refractivity contribution in [2.75, 3.05) is 31.2 Å². The minimum absolute atomic E-state index is 0.00118. The molecular weight excluding hydrogens is 204 g/mol. The molecular formula is C12H16N2O2. The van der Waals surface area contributed by atoms with Gasteiger partial charge in [0.05, 0.1) is 24.5 Å². The average molecular weight is 220 g/mol. The predicted octanol–water partition coefficient (Wildman–Crippen LogP) is 0.658. The van der Waals surface area contributed by atoms with Crippen LogP contribution in [0, 0.1) is 18.3 Å². The summed E-state index contributed by atoms with van der Waals surface area (Å²) in [5, 5.41) is 26.9. The fourth-order valence-corrected chi connectivity index (χ4v) is 1.59. The zero-order valence-electron chi connectivity index (χ0n) is 9.35. The number of anilines is 1. The van der Waals surface area contributed by atoms with Crippen molar-refractivity contribution in [3.05, 3.63) is 29.3 Å². The van der Waals surface area contributed by atoms with Crippen molar-refractivity contribution in [3.63, 3.8) is 0 Å². The molecule has 0 heterocycles. The Bertz CT molecular complexity index is 379. The van der Waals surface area contributed by atoms with Gasteiger partial charge in [0.1, 0.15) is 6.07 Å². The van der Waals surface area contributed by atoms with Crippen molar-refractivity contribution >= 4 is 5.69 Å². The summed E-state index contributed by atoms with van der Waals surface area (Å²) in [5.41, 5.74) is 2.38. The lowest BCUT2D eigenvalue weighted by Gasteiger charge is -2.24. The molecule has 0 atom stereocenters. The molecule has 0 aromatic heterocycles. The minimum Gasteiger partial charge on any atom is -0.395 e. The van der Waals surface area contributed by atoms with Gasteiger partial charge in [-0.15, -0.1) is 0 Å². The molecule has 0 bridgehead atoms. The molecule has 0 unspecified atom stereocenters. The summed E-state index contributed by atoms with van der Waals surface area (Å²) in [7, 11) is 0. The molecule has 0 aliphatic carbocycles. The molecule has 1 aromatic rings. The van der Waals surface area contributed by atoms with Crippen LogP contribution in [-0.2, 0) is 0 Å². The number of hydrogen-bond acceptors (Lipinski definition) is 4. The van der Waals surface area contributed by atoms with Gasteiger partial charge in [-0.3, -0.25) is 0 Å². The number of nitrogens with zero attached hydrogens (tertiary/aromatic N) is 2. The van der Waals surface area contributed by atoms with E-state index in [2.05, 4.69) is 6.07 Å². The predicted molar refractivity (Wildman–Crippen MR) is 62.3 cm³/mol. The highest BCUT2D eigenvalue weighted by molar-refractivity contribution is 5.60. The van der Waals surface area contributed by atoms with E-state index < -0.39 is 0 Å². The fraction of sp³-hybridized carbons (Fsp3) is 0.417. The molecule has 0 amide bonds. The van der Waals surface area contributed by atoms with Gasteiger partial charge in [0.15, 0.2) is 0 Å². The lowest BCUT2D eigenvalue weighted by atomic mass is 10.1. The second kappa shape index (κ2) is 6.11. The van der Waals surface area contributed by atoms with Crippen LogP contribution in [-0.4, -0.2) is 36.5 Å². The average Bonchev–Trinajstić information content (AvgIpc) is 2.29. The lowest BCUT2D eigenvalue weighted by Crippen LogP contribution is -2.30. The highest BCUT2D eigenvalue weighted by atomic mass is 16.3. The van der Waals surface area contributed by atoms with Crippen molar-refractivity contribution in [2.45, 2.75) is 6.92 Å². The third kappa shape index (κ3) is 2.96. The second-order valence-corrected chi connectivity index (χ2v) is 3.57. The van der Waals surface area contributed by atoms with Crippen LogP contribution in [0.4, 0.5) is 5.69 Å². The van der Waals surface area contributed by atoms with Crippen LogP contribution in [0.15, 0.2) is 18.2 Å². The monoisotopic (exact) mass is 220 g/mol. The highest BCUT2D eigenvalue weighted by Crippen LogP contribution is 2.21. The number of benzene rings is 1. The molecule has 0 fully saturated rings. The van der Waals surface area contributed by atoms with Crippen LogP contribution in [0.2, 0.25) is 0 Å². The Hall–Kier alpha value is -1.57. The topological polar surface area (TPSA) is 67.5 Å². The molecule has 1 rings (SSSR count). The Morgan fingerprint density at radius 3 is 2.38 bits per heavy atom. The molecule has 0 radical (unpaired) electrons. The van der Waals surface area contributed by atoms with Crippen LogP contribution in [0.3, 0.4) is 0 Å². The van der Waals surface area contributed by atoms with E-state index in [1.54, 1.807) is 6.07 Å². The Morgan fingerprint density at radius 2 is 1.88 bits per heavy atom. The maximum Gasteiger partial charge on any atom is 0.101 e. The Balaban J connectivity index is 3.06. The smallest absolute Gasteiger partial charge is 0.101 e. The van der Waals surface area contributed by atoms with E-state index in [0.717, 1.165) is 11.3 Å². The highest BCUT2D eigenvalue weighted by Gasteiger charge is 2.10. The molecule has 0 aliphatic rings. The minimum atomic E-state index is -0.00118. The first-order valence-electron chi connectivity index (χ1n) is 5.20. The first-order chi connectivity index (χ1) is 7.72. The van der Waals surface area contributed by atoms with Gasteiger partial charge in [-0.05, 0) is 24.6 Å². The zero-order valence-corrected chi connectivity index (χ0v) is 9.35. The number of rotatable bonds is 5. The summed E-state index contributed by atoms with van der Waals surface area (Å²) in [4.78, 5) is 1.81. The van der Waals surface area contributed by atoms with E-state index in [4.69, 9.17) is 15.5 Å². The Kier molecular flexibility index (Phi) is 4.77. The molecule has 0 saturated carbocycles. The van der Waals surface area contributed by atoms with Gasteiger partial charge in [0.2, 0.25) is 0 Å². The standard InChI is InChI=1S/C12H16N2O2/c1-10-2-3-11(9-13)12(8-10)14(4-6-15)5-7-16/h2-3,8,15-16H,4-7H2,1H3. The first-order valence-corrected chi connectivity index (χ1v) is 5.20. The lowest BCUT2D eigenvalue weighted by molar-refractivity contribution is 0.281. The van der Waals surface area contributed by atoms with Crippen molar-refractivity contribution < 1.29 is 10.2 Å². The molecule has 86 valence electrons. The van der Waals surface area contributed by atoms with E-state index in [-0.39, 0.29) is 13.2 Å². The summed E-state index contributed by atoms with van der Waals surface area (Å²) >= 11 is 0. The van der Waals surface area contributed by atoms with E-state index >= 15 is 0 Å². The third-order valence-corrected chi connectivity index (χ3v) is 2.35. The van der Waals surface area contributed by atoms with Crippen molar-refractivity contribution in [2.24, 2.45) is 0 Å². The van der Waals surface area contributed by atoms with E-state index in [1.165, 1.54) is 0 Å². The summed E-state index contributed by atoms with van der Waals surface area (Å²) in [5.74, 6) is 0. The quantitative estimate of drug-likeness (QED) is 0.765. The molecule has 4 nitrogen and oxygen atoms in total. The first kappa shape index (κ1) is 12.5. The zero-order chi connectivity index (χ0) is 12.0. The van der Waals surface area contributed by atoms with Crippen LogP contribution in [0.25, 0.3) is 0 Å². The molecule has 1 aromatic carbocycles. The fourth-order valence-electron chi connectivity index (χ4n) is 1.59. The largest absolute Gasteiger partial charge is 0.395 e. The molecule has 0 spiro atoms. The van der Waals surface area contributed by atoms with Gasteiger partial charge >= 0.3 is 0 Å². The molecule has 0 saturated heterocycles. The van der Waals surface area contributed by atoms with Crippen molar-refractivity contribution in [1.29, 1.82) is 5.26 Å². The summed E-state index contributed by atoms with van der Waals surface area (Å²) in [6.45, 7) is 2.77. The maximum atomic E-state index is 8.99. The van der Waals surface area contributed by atoms with Gasteiger partial charge in [0, 0.05) is 13.1 Å². The summed E-state index contributed by atoms with van der Waals surface area (Å²) < 4.78 is 0. The molecule has 0 aliphatic heterocycles. The number of aryl methyl sites for hydroxylation is 1. The van der Waals surface area contributed by atoms with Crippen molar-refractivity contribution in [3.8, 4) is 6.07 Å². The SMILES string of the molecule is Cc1ccc(C#N)c(N(CCO)CCO)c1. The molecule has 16 heavy (non-hydrogen) atoms. The van der Waals surface area contributed by atoms with E-state index in [0.29, 0.717) is 18.7 Å². The Morgan fingerprint density at radius 1 is 1.25 bits per heavy atom. The number of nitriles is 1. The number of aliphatic hydroxyl groups is 2. The van der Waals surface area contributed by atoms with Crippen LogP contribution in [0.5, 0.6) is 0 Å². The van der Waals surface area contributed by atoms with Gasteiger partial charge in [-0.25, -0.2) is 0 Å². The maximum absolute atomic E-state index is 8.99. The number of hydrogen-bond donors (Lipinski definition) is 2. The van der Waals surface area contributed by atoms with Crippen LogP contribution >= 0.6 is 0 Å². The third-order valence-electron chi connectivity index (χ3n) is 2.35. The number of aliphatic hydroxyl groups excluding tert-OH is 2. The molecule has 2 N–H and O–H groups in total. The Labute approximate surface area is 95.4 Å². The summed E-state index contributed by atoms with van der Waals surface area (Å²) in [6, 6.07) is 7.64. The summed E-state index contributed by atoms with van der Waals surface area (Å²) in [6.07, 6.45) is 0. The second-order valence-electron chi connectivity index (χ2n) is 3.57. The molecule has 4 heteroatoms. The van der Waals surface area contributed by atoms with Gasteiger partial charge < -0.3 is 15.1 Å². The van der Waals surface area contributed by atoms with Gasteiger partial charge in [0.25, 0.3) is 0 Å². The van der Waals surface area contributed by atoms with Gasteiger partial charge in [-0.2, -0.15) is 5.26 Å².